The first-order valence-electron chi connectivity index (χ1n) is 10.7. The lowest BCUT2D eigenvalue weighted by atomic mass is 10.0. The number of anilines is 2. The molecule has 0 spiro atoms. The van der Waals surface area contributed by atoms with Crippen molar-refractivity contribution in [1.29, 1.82) is 0 Å². The number of sulfonamides is 1. The van der Waals surface area contributed by atoms with Gasteiger partial charge in [0.15, 0.2) is 0 Å². The molecule has 0 bridgehead atoms. The molecule has 0 aromatic heterocycles. The van der Waals surface area contributed by atoms with E-state index in [0.717, 1.165) is 22.3 Å². The lowest BCUT2D eigenvalue weighted by Gasteiger charge is -2.26. The molecule has 0 radical (unpaired) electrons. The van der Waals surface area contributed by atoms with Gasteiger partial charge < -0.3 is 5.32 Å². The van der Waals surface area contributed by atoms with Crippen molar-refractivity contribution in [3.63, 3.8) is 0 Å². The lowest BCUT2D eigenvalue weighted by molar-refractivity contribution is -0.114. The third kappa shape index (κ3) is 5.02. The third-order valence-corrected chi connectivity index (χ3v) is 7.37. The second-order valence-corrected chi connectivity index (χ2v) is 10.2. The van der Waals surface area contributed by atoms with Crippen molar-refractivity contribution in [1.82, 2.24) is 0 Å². The van der Waals surface area contributed by atoms with Gasteiger partial charge in [-0.1, -0.05) is 61.9 Å². The van der Waals surface area contributed by atoms with Crippen LogP contribution in [0.25, 0.3) is 0 Å². The average molecular weight is 451 g/mol. The van der Waals surface area contributed by atoms with E-state index in [4.69, 9.17) is 0 Å². The zero-order chi connectivity index (χ0) is 23.5. The minimum Gasteiger partial charge on any atom is -0.324 e. The van der Waals surface area contributed by atoms with Crippen LogP contribution >= 0.6 is 0 Å². The number of nitrogens with one attached hydrogen (secondary N) is 1. The molecule has 0 saturated carbocycles. The second-order valence-electron chi connectivity index (χ2n) is 8.33. The predicted molar refractivity (Wildman–Crippen MR) is 131 cm³/mol. The highest BCUT2D eigenvalue weighted by Crippen LogP contribution is 2.29. The molecular formula is C26H30N2O3S. The minimum atomic E-state index is -3.95. The maximum absolute atomic E-state index is 13.6. The van der Waals surface area contributed by atoms with Crippen LogP contribution in [-0.2, 0) is 14.8 Å². The summed E-state index contributed by atoms with van der Waals surface area (Å²) in [5.41, 5.74) is 4.93. The van der Waals surface area contributed by atoms with Crippen LogP contribution in [0.4, 0.5) is 11.4 Å². The Labute approximate surface area is 191 Å². The second kappa shape index (κ2) is 9.57. The van der Waals surface area contributed by atoms with E-state index in [2.05, 4.69) is 19.2 Å². The molecule has 0 saturated heterocycles. The molecule has 0 aliphatic rings. The predicted octanol–water partition coefficient (Wildman–Crippen LogP) is 5.57. The summed E-state index contributed by atoms with van der Waals surface area (Å²) in [5.74, 6) is -0.174. The van der Waals surface area contributed by atoms with Crippen molar-refractivity contribution in [3.8, 4) is 0 Å². The first-order valence-corrected chi connectivity index (χ1v) is 12.1. The fourth-order valence-corrected chi connectivity index (χ4v) is 5.06. The van der Waals surface area contributed by atoms with Gasteiger partial charge in [-0.15, -0.1) is 0 Å². The summed E-state index contributed by atoms with van der Waals surface area (Å²) >= 11 is 0. The molecule has 0 aliphatic heterocycles. The van der Waals surface area contributed by atoms with Crippen molar-refractivity contribution < 1.29 is 13.2 Å². The average Bonchev–Trinajstić information content (AvgIpc) is 2.75. The van der Waals surface area contributed by atoms with Crippen LogP contribution in [0, 0.1) is 20.8 Å². The quantitative estimate of drug-likeness (QED) is 0.512. The molecule has 6 heteroatoms. The van der Waals surface area contributed by atoms with Crippen LogP contribution in [0.3, 0.4) is 0 Å². The number of para-hydroxylation sites is 1. The van der Waals surface area contributed by atoms with Crippen LogP contribution < -0.4 is 9.62 Å². The summed E-state index contributed by atoms with van der Waals surface area (Å²) in [6, 6.07) is 19.7. The van der Waals surface area contributed by atoms with Gasteiger partial charge in [-0.3, -0.25) is 9.10 Å². The van der Waals surface area contributed by atoms with Crippen LogP contribution in [0.5, 0.6) is 0 Å². The van der Waals surface area contributed by atoms with Crippen LogP contribution in [-0.4, -0.2) is 20.9 Å². The lowest BCUT2D eigenvalue weighted by Crippen LogP contribution is -2.38. The Hall–Kier alpha value is -3.12. The van der Waals surface area contributed by atoms with Crippen molar-refractivity contribution in [2.75, 3.05) is 16.2 Å². The summed E-state index contributed by atoms with van der Waals surface area (Å²) in [6.07, 6.45) is 0. The van der Waals surface area contributed by atoms with Gasteiger partial charge in [-0.2, -0.15) is 0 Å². The number of hydrogen-bond donors (Lipinski definition) is 1. The van der Waals surface area contributed by atoms with Gasteiger partial charge in [0, 0.05) is 5.69 Å². The Bertz CT molecular complexity index is 1220. The summed E-state index contributed by atoms with van der Waals surface area (Å²) < 4.78 is 28.4. The summed E-state index contributed by atoms with van der Waals surface area (Å²) in [6.45, 7) is 9.47. The number of benzene rings is 3. The molecule has 168 valence electrons. The Morgan fingerprint density at radius 1 is 0.906 bits per heavy atom. The molecule has 3 aromatic rings. The molecule has 3 rings (SSSR count). The van der Waals surface area contributed by atoms with Gasteiger partial charge in [0.05, 0.1) is 10.6 Å². The smallest absolute Gasteiger partial charge is 0.264 e. The zero-order valence-electron chi connectivity index (χ0n) is 19.2. The number of nitrogens with zero attached hydrogens (tertiary/aromatic N) is 1. The van der Waals surface area contributed by atoms with E-state index in [1.807, 2.05) is 51.1 Å². The molecule has 5 nitrogen and oxygen atoms in total. The topological polar surface area (TPSA) is 66.5 Å². The number of hydrogen-bond acceptors (Lipinski definition) is 3. The van der Waals surface area contributed by atoms with Crippen LogP contribution in [0.2, 0.25) is 0 Å². The van der Waals surface area contributed by atoms with E-state index in [0.29, 0.717) is 11.4 Å². The Kier molecular flexibility index (Phi) is 7.04. The van der Waals surface area contributed by atoms with E-state index in [9.17, 15) is 13.2 Å². The highest BCUT2D eigenvalue weighted by molar-refractivity contribution is 7.92. The van der Waals surface area contributed by atoms with E-state index in [1.54, 1.807) is 36.4 Å². The van der Waals surface area contributed by atoms with Gasteiger partial charge in [0.2, 0.25) is 5.91 Å². The molecule has 0 atom stereocenters. The first kappa shape index (κ1) is 23.5. The number of amides is 1. The molecular weight excluding hydrogens is 420 g/mol. The maximum Gasteiger partial charge on any atom is 0.264 e. The number of aryl methyl sites for hydroxylation is 2. The van der Waals surface area contributed by atoms with Gasteiger partial charge in [0.25, 0.3) is 10.0 Å². The molecule has 0 unspecified atom stereocenters. The SMILES string of the molecule is Cc1ccc(S(=O)(=O)N(CC(=O)Nc2ccccc2C(C)C)c2cccc(C)c2C)cc1. The highest BCUT2D eigenvalue weighted by atomic mass is 32.2. The molecule has 1 N–H and O–H groups in total. The van der Waals surface area contributed by atoms with Crippen molar-refractivity contribution in [3.05, 3.63) is 89.0 Å². The maximum atomic E-state index is 13.6. The third-order valence-electron chi connectivity index (χ3n) is 5.60. The first-order chi connectivity index (χ1) is 15.1. The molecule has 0 heterocycles. The highest BCUT2D eigenvalue weighted by Gasteiger charge is 2.28. The Morgan fingerprint density at radius 2 is 1.56 bits per heavy atom. The number of rotatable bonds is 7. The molecule has 0 fully saturated rings. The van der Waals surface area contributed by atoms with Crippen molar-refractivity contribution in [2.24, 2.45) is 0 Å². The monoisotopic (exact) mass is 450 g/mol. The number of carbonyl (C=O) groups is 1. The van der Waals surface area contributed by atoms with Crippen LogP contribution in [0.1, 0.15) is 42.0 Å². The standard InChI is InChI=1S/C26H30N2O3S/c1-18(2)23-10-6-7-11-24(23)27-26(29)17-28(25-12-8-9-20(4)21(25)5)32(30,31)22-15-13-19(3)14-16-22/h6-16,18H,17H2,1-5H3,(H,27,29). The number of carbonyl (C=O) groups excluding carboxylic acids is 1. The van der Waals surface area contributed by atoms with E-state index >= 15 is 0 Å². The molecule has 1 amide bonds. The van der Waals surface area contributed by atoms with Gasteiger partial charge in [0.1, 0.15) is 6.54 Å². The Morgan fingerprint density at radius 3 is 2.22 bits per heavy atom. The zero-order valence-corrected chi connectivity index (χ0v) is 20.0. The largest absolute Gasteiger partial charge is 0.324 e. The minimum absolute atomic E-state index is 0.152. The molecule has 0 aliphatic carbocycles. The normalized spacial score (nSPS) is 11.4. The van der Waals surface area contributed by atoms with Gasteiger partial charge >= 0.3 is 0 Å². The van der Waals surface area contributed by atoms with Crippen LogP contribution in [0.15, 0.2) is 71.6 Å². The van der Waals surface area contributed by atoms with E-state index < -0.39 is 15.9 Å². The van der Waals surface area contributed by atoms with E-state index in [1.165, 1.54) is 4.31 Å². The fourth-order valence-electron chi connectivity index (χ4n) is 3.58. The van der Waals surface area contributed by atoms with Crippen molar-refractivity contribution >= 4 is 27.3 Å². The van der Waals surface area contributed by atoms with Gasteiger partial charge in [-0.25, -0.2) is 8.42 Å². The molecule has 3 aromatic carbocycles. The summed E-state index contributed by atoms with van der Waals surface area (Å²) in [5, 5.41) is 2.91. The summed E-state index contributed by atoms with van der Waals surface area (Å²) in [4.78, 5) is 13.2. The fraction of sp³-hybridized carbons (Fsp3) is 0.269. The van der Waals surface area contributed by atoms with E-state index in [-0.39, 0.29) is 17.4 Å². The summed E-state index contributed by atoms with van der Waals surface area (Å²) in [7, 11) is -3.95. The van der Waals surface area contributed by atoms with Crippen molar-refractivity contribution in [2.45, 2.75) is 45.4 Å². The molecule has 32 heavy (non-hydrogen) atoms. The Balaban J connectivity index is 2.01. The van der Waals surface area contributed by atoms with Gasteiger partial charge in [-0.05, 0) is 67.6 Å².